The Morgan fingerprint density at radius 1 is 1.12 bits per heavy atom. The first-order chi connectivity index (χ1) is 16.3. The van der Waals surface area contributed by atoms with Gasteiger partial charge in [-0.1, -0.05) is 18.2 Å². The molecule has 0 atom stereocenters. The average molecular weight is 487 g/mol. The summed E-state index contributed by atoms with van der Waals surface area (Å²) in [6.45, 7) is 2.62. The van der Waals surface area contributed by atoms with Gasteiger partial charge in [-0.15, -0.1) is 0 Å². The summed E-state index contributed by atoms with van der Waals surface area (Å²) < 4.78 is 44.3. The number of anilines is 1. The molecule has 1 saturated heterocycles. The van der Waals surface area contributed by atoms with Crippen molar-refractivity contribution < 1.29 is 27.1 Å². The van der Waals surface area contributed by atoms with Crippen molar-refractivity contribution in [2.75, 3.05) is 50.5 Å². The molecule has 7 nitrogen and oxygen atoms in total. The lowest BCUT2D eigenvalue weighted by Crippen LogP contribution is -2.49. The van der Waals surface area contributed by atoms with Crippen molar-refractivity contribution in [3.8, 4) is 0 Å². The third-order valence-electron chi connectivity index (χ3n) is 6.20. The Bertz CT molecular complexity index is 1230. The van der Waals surface area contributed by atoms with Gasteiger partial charge in [0.2, 0.25) is 0 Å². The molecule has 4 rings (SSSR count). The number of aldehydes is 1. The highest BCUT2D eigenvalue weighted by Gasteiger charge is 2.27. The van der Waals surface area contributed by atoms with Gasteiger partial charge < -0.3 is 19.3 Å². The van der Waals surface area contributed by atoms with Crippen LogP contribution in [0.5, 0.6) is 0 Å². The fourth-order valence-corrected chi connectivity index (χ4v) is 4.98. The number of hydrogen-bond donors (Lipinski definition) is 0. The molecule has 9 heteroatoms. The van der Waals surface area contributed by atoms with E-state index in [9.17, 15) is 22.4 Å². The number of halogens is 1. The van der Waals surface area contributed by atoms with Gasteiger partial charge in [-0.05, 0) is 47.4 Å². The minimum atomic E-state index is -3.48. The molecule has 0 spiro atoms. The SMILES string of the molecule is CS(=O)(=O)c1ccc(C2=CCOCC2)c(C(=O)N2CCN(c3ccc(CC=O)cc3F)CC2)c1. The predicted molar refractivity (Wildman–Crippen MR) is 127 cm³/mol. The molecule has 0 aliphatic carbocycles. The van der Waals surface area contributed by atoms with Crippen LogP contribution in [0, 0.1) is 5.82 Å². The normalized spacial score (nSPS) is 16.8. The number of ether oxygens (including phenoxy) is 1. The Balaban J connectivity index is 1.55. The van der Waals surface area contributed by atoms with E-state index in [1.54, 1.807) is 23.1 Å². The number of sulfone groups is 1. The van der Waals surface area contributed by atoms with Gasteiger partial charge in [0, 0.05) is 44.4 Å². The maximum atomic E-state index is 14.6. The zero-order valence-corrected chi connectivity index (χ0v) is 19.8. The van der Waals surface area contributed by atoms with E-state index in [1.807, 2.05) is 11.0 Å². The molecule has 0 radical (unpaired) electrons. The molecule has 1 fully saturated rings. The second-order valence-electron chi connectivity index (χ2n) is 8.47. The van der Waals surface area contributed by atoms with Gasteiger partial charge in [-0.2, -0.15) is 0 Å². The van der Waals surface area contributed by atoms with E-state index >= 15 is 0 Å². The Kier molecular flexibility index (Phi) is 7.13. The fraction of sp³-hybridized carbons (Fsp3) is 0.360. The van der Waals surface area contributed by atoms with Crippen LogP contribution in [0.1, 0.15) is 27.9 Å². The van der Waals surface area contributed by atoms with Gasteiger partial charge in [0.05, 0.1) is 23.8 Å². The lowest BCUT2D eigenvalue weighted by molar-refractivity contribution is -0.107. The molecule has 2 aromatic carbocycles. The second kappa shape index (κ2) is 10.1. The smallest absolute Gasteiger partial charge is 0.254 e. The lowest BCUT2D eigenvalue weighted by atomic mass is 9.95. The first kappa shape index (κ1) is 24.1. The molecule has 0 unspecified atom stereocenters. The summed E-state index contributed by atoms with van der Waals surface area (Å²) in [5.41, 5.74) is 3.10. The number of amides is 1. The zero-order valence-electron chi connectivity index (χ0n) is 19.0. The van der Waals surface area contributed by atoms with E-state index in [4.69, 9.17) is 4.74 Å². The van der Waals surface area contributed by atoms with Crippen LogP contribution < -0.4 is 4.90 Å². The Morgan fingerprint density at radius 2 is 1.88 bits per heavy atom. The summed E-state index contributed by atoms with van der Waals surface area (Å²) in [6.07, 6.45) is 4.59. The molecule has 2 aromatic rings. The number of benzene rings is 2. The molecule has 0 aromatic heterocycles. The van der Waals surface area contributed by atoms with Crippen molar-refractivity contribution in [1.82, 2.24) is 4.90 Å². The molecule has 2 aliphatic heterocycles. The number of hydrogen-bond acceptors (Lipinski definition) is 6. The lowest BCUT2D eigenvalue weighted by Gasteiger charge is -2.36. The van der Waals surface area contributed by atoms with Crippen molar-refractivity contribution in [2.24, 2.45) is 0 Å². The highest BCUT2D eigenvalue weighted by molar-refractivity contribution is 7.90. The van der Waals surface area contributed by atoms with Gasteiger partial charge in [0.1, 0.15) is 12.1 Å². The van der Waals surface area contributed by atoms with Crippen LogP contribution in [0.4, 0.5) is 10.1 Å². The van der Waals surface area contributed by atoms with Crippen LogP contribution in [-0.4, -0.2) is 71.2 Å². The summed E-state index contributed by atoms with van der Waals surface area (Å²) >= 11 is 0. The average Bonchev–Trinajstić information content (AvgIpc) is 2.84. The minimum absolute atomic E-state index is 0.100. The van der Waals surface area contributed by atoms with E-state index < -0.39 is 15.7 Å². The molecule has 0 bridgehead atoms. The second-order valence-corrected chi connectivity index (χ2v) is 10.5. The van der Waals surface area contributed by atoms with E-state index in [2.05, 4.69) is 0 Å². The molecule has 2 aliphatic rings. The Hall–Kier alpha value is -3.04. The van der Waals surface area contributed by atoms with E-state index in [-0.39, 0.29) is 17.2 Å². The summed E-state index contributed by atoms with van der Waals surface area (Å²) in [4.78, 5) is 27.8. The maximum absolute atomic E-state index is 14.6. The first-order valence-corrected chi connectivity index (χ1v) is 13.0. The Morgan fingerprint density at radius 3 is 2.50 bits per heavy atom. The molecule has 1 amide bonds. The highest BCUT2D eigenvalue weighted by Crippen LogP contribution is 2.29. The van der Waals surface area contributed by atoms with Crippen LogP contribution in [-0.2, 0) is 25.8 Å². The number of carbonyl (C=O) groups excluding carboxylic acids is 2. The largest absolute Gasteiger partial charge is 0.377 e. The van der Waals surface area contributed by atoms with E-state index in [1.165, 1.54) is 18.2 Å². The number of rotatable bonds is 6. The molecular weight excluding hydrogens is 459 g/mol. The third-order valence-corrected chi connectivity index (χ3v) is 7.31. The minimum Gasteiger partial charge on any atom is -0.377 e. The van der Waals surface area contributed by atoms with Crippen molar-refractivity contribution in [3.63, 3.8) is 0 Å². The number of piperazine rings is 1. The molecule has 34 heavy (non-hydrogen) atoms. The first-order valence-electron chi connectivity index (χ1n) is 11.2. The van der Waals surface area contributed by atoms with Crippen LogP contribution in [0.3, 0.4) is 0 Å². The van der Waals surface area contributed by atoms with Crippen molar-refractivity contribution in [2.45, 2.75) is 17.7 Å². The summed E-state index contributed by atoms with van der Waals surface area (Å²) in [7, 11) is -3.48. The van der Waals surface area contributed by atoms with Crippen LogP contribution in [0.2, 0.25) is 0 Å². The van der Waals surface area contributed by atoms with Crippen LogP contribution >= 0.6 is 0 Å². The molecular formula is C25H27FN2O5S. The maximum Gasteiger partial charge on any atom is 0.254 e. The molecule has 2 heterocycles. The third kappa shape index (κ3) is 5.20. The van der Waals surface area contributed by atoms with Gasteiger partial charge >= 0.3 is 0 Å². The van der Waals surface area contributed by atoms with Gasteiger partial charge in [0.15, 0.2) is 9.84 Å². The summed E-state index contributed by atoms with van der Waals surface area (Å²) in [5, 5.41) is 0. The predicted octanol–water partition coefficient (Wildman–Crippen LogP) is 2.74. The van der Waals surface area contributed by atoms with Gasteiger partial charge in [-0.25, -0.2) is 12.8 Å². The molecule has 0 saturated carbocycles. The quantitative estimate of drug-likeness (QED) is 0.584. The topological polar surface area (TPSA) is 84.0 Å². The van der Waals surface area contributed by atoms with Crippen molar-refractivity contribution in [3.05, 3.63) is 65.0 Å². The van der Waals surface area contributed by atoms with Crippen molar-refractivity contribution in [1.29, 1.82) is 0 Å². The van der Waals surface area contributed by atoms with Crippen LogP contribution in [0.15, 0.2) is 47.4 Å². The van der Waals surface area contributed by atoms with Crippen LogP contribution in [0.25, 0.3) is 5.57 Å². The van der Waals surface area contributed by atoms with Gasteiger partial charge in [0.25, 0.3) is 5.91 Å². The van der Waals surface area contributed by atoms with Crippen molar-refractivity contribution >= 4 is 33.3 Å². The van der Waals surface area contributed by atoms with E-state index in [0.717, 1.165) is 23.7 Å². The number of nitrogens with zero attached hydrogens (tertiary/aromatic N) is 2. The van der Waals surface area contributed by atoms with Gasteiger partial charge in [-0.3, -0.25) is 4.79 Å². The summed E-state index contributed by atoms with van der Waals surface area (Å²) in [5.74, 6) is -0.636. The fourth-order valence-electron chi connectivity index (χ4n) is 4.33. The standard InChI is InChI=1S/C25H27FN2O5S/c1-34(31,32)20-3-4-21(19-7-14-33-15-8-19)22(17-20)25(30)28-11-9-27(10-12-28)24-5-2-18(6-13-29)16-23(24)26/h2-5,7,13,16-17H,6,8-12,14-15H2,1H3. The summed E-state index contributed by atoms with van der Waals surface area (Å²) in [6, 6.07) is 9.46. The zero-order chi connectivity index (χ0) is 24.3. The monoisotopic (exact) mass is 486 g/mol. The molecule has 0 N–H and O–H groups in total. The highest BCUT2D eigenvalue weighted by atomic mass is 32.2. The van der Waals surface area contributed by atoms with E-state index in [0.29, 0.717) is 62.6 Å². The Labute approximate surface area is 198 Å². The number of carbonyl (C=O) groups is 2. The molecule has 180 valence electrons.